The van der Waals surface area contributed by atoms with Gasteiger partial charge in [0.25, 0.3) is 0 Å². The largest absolute Gasteiger partial charge is 0.477 e. The van der Waals surface area contributed by atoms with Gasteiger partial charge in [-0.15, -0.1) is 0 Å². The van der Waals surface area contributed by atoms with Gasteiger partial charge in [0.05, 0.1) is 11.7 Å². The minimum absolute atomic E-state index is 0.191. The summed E-state index contributed by atoms with van der Waals surface area (Å²) < 4.78 is 0. The van der Waals surface area contributed by atoms with Crippen LogP contribution in [0.25, 0.3) is 32.9 Å². The fourth-order valence-electron chi connectivity index (χ4n) is 2.71. The molecule has 5 nitrogen and oxygen atoms in total. The highest BCUT2D eigenvalue weighted by molar-refractivity contribution is 6.06. The van der Waals surface area contributed by atoms with Crippen LogP contribution in [0.15, 0.2) is 48.7 Å². The summed E-state index contributed by atoms with van der Waals surface area (Å²) in [6, 6.07) is 13.4. The van der Waals surface area contributed by atoms with Crippen molar-refractivity contribution in [2.45, 2.75) is 0 Å². The van der Waals surface area contributed by atoms with Crippen LogP contribution in [-0.2, 0) is 0 Å². The maximum atomic E-state index is 11.1. The van der Waals surface area contributed by atoms with Gasteiger partial charge < -0.3 is 10.1 Å². The molecule has 0 saturated carbocycles. The van der Waals surface area contributed by atoms with E-state index in [4.69, 9.17) is 5.11 Å². The third-order valence-corrected chi connectivity index (χ3v) is 3.67. The highest BCUT2D eigenvalue weighted by Gasteiger charge is 2.13. The lowest BCUT2D eigenvalue weighted by Gasteiger charge is -2.05. The molecule has 3 N–H and O–H groups in total. The van der Waals surface area contributed by atoms with Crippen LogP contribution in [0.1, 0.15) is 10.5 Å². The molecule has 4 rings (SSSR count). The van der Waals surface area contributed by atoms with Crippen molar-refractivity contribution in [3.63, 3.8) is 0 Å². The number of rotatable bonds is 2. The highest BCUT2D eigenvalue weighted by atomic mass is 16.4. The van der Waals surface area contributed by atoms with Crippen LogP contribution >= 0.6 is 0 Å². The molecule has 5 heteroatoms. The monoisotopic (exact) mass is 277 g/mol. The zero-order valence-electron chi connectivity index (χ0n) is 10.9. The number of nitrogens with zero attached hydrogens (tertiary/aromatic N) is 1. The number of hydrogen-bond acceptors (Lipinski definition) is 2. The number of benzene rings is 2. The molecule has 2 aromatic heterocycles. The van der Waals surface area contributed by atoms with E-state index in [9.17, 15) is 4.79 Å². The molecule has 0 aliphatic rings. The van der Waals surface area contributed by atoms with E-state index in [1.165, 1.54) is 0 Å². The standard InChI is InChI=1S/C16H11N3O2/c20-16(21)15-7-11-9(3-1-5-13(11)18-15)10-4-2-6-14-12(10)8-17-19-14/h1-8,18H,(H,17,19)(H,20,21). The number of aromatic nitrogens is 3. The summed E-state index contributed by atoms with van der Waals surface area (Å²) in [5.41, 5.74) is 3.98. The molecule has 0 bridgehead atoms. The van der Waals surface area contributed by atoms with E-state index >= 15 is 0 Å². The number of nitrogens with one attached hydrogen (secondary N) is 2. The van der Waals surface area contributed by atoms with Crippen LogP contribution in [-0.4, -0.2) is 26.3 Å². The number of carboxylic acids is 1. The average Bonchev–Trinajstić information content (AvgIpc) is 3.12. The van der Waals surface area contributed by atoms with Crippen LogP contribution < -0.4 is 0 Å². The molecule has 2 aromatic carbocycles. The molecule has 0 aliphatic heterocycles. The van der Waals surface area contributed by atoms with Crippen LogP contribution in [0.5, 0.6) is 0 Å². The first-order chi connectivity index (χ1) is 10.2. The molecule has 0 saturated heterocycles. The van der Waals surface area contributed by atoms with Gasteiger partial charge in [-0.2, -0.15) is 5.10 Å². The van der Waals surface area contributed by atoms with E-state index < -0.39 is 5.97 Å². The van der Waals surface area contributed by atoms with E-state index in [1.54, 1.807) is 12.3 Å². The number of H-pyrrole nitrogens is 2. The Morgan fingerprint density at radius 2 is 1.71 bits per heavy atom. The summed E-state index contributed by atoms with van der Waals surface area (Å²) in [6.45, 7) is 0. The fraction of sp³-hybridized carbons (Fsp3) is 0. The molecule has 0 radical (unpaired) electrons. The first-order valence-corrected chi connectivity index (χ1v) is 6.51. The second-order valence-electron chi connectivity index (χ2n) is 4.89. The number of carbonyl (C=O) groups is 1. The SMILES string of the molecule is O=C(O)c1cc2c(-c3cccc4[nH]ncc34)cccc2[nH]1. The van der Waals surface area contributed by atoms with Gasteiger partial charge in [0.1, 0.15) is 5.69 Å². The smallest absolute Gasteiger partial charge is 0.352 e. The van der Waals surface area contributed by atoms with Gasteiger partial charge in [0.2, 0.25) is 0 Å². The third kappa shape index (κ3) is 1.71. The lowest BCUT2D eigenvalue weighted by atomic mass is 9.99. The van der Waals surface area contributed by atoms with Gasteiger partial charge in [0, 0.05) is 16.3 Å². The van der Waals surface area contributed by atoms with Gasteiger partial charge in [0.15, 0.2) is 0 Å². The van der Waals surface area contributed by atoms with E-state index in [0.29, 0.717) is 0 Å². The van der Waals surface area contributed by atoms with Crippen molar-refractivity contribution in [1.29, 1.82) is 0 Å². The number of fused-ring (bicyclic) bond motifs is 2. The molecule has 0 amide bonds. The third-order valence-electron chi connectivity index (χ3n) is 3.67. The van der Waals surface area contributed by atoms with Gasteiger partial charge >= 0.3 is 5.97 Å². The van der Waals surface area contributed by atoms with Crippen molar-refractivity contribution in [3.8, 4) is 11.1 Å². The Balaban J connectivity index is 2.06. The topological polar surface area (TPSA) is 81.8 Å². The second-order valence-corrected chi connectivity index (χ2v) is 4.89. The summed E-state index contributed by atoms with van der Waals surface area (Å²) in [5.74, 6) is -0.960. The zero-order valence-corrected chi connectivity index (χ0v) is 10.9. The zero-order chi connectivity index (χ0) is 14.4. The van der Waals surface area contributed by atoms with Crippen molar-refractivity contribution < 1.29 is 9.90 Å². The van der Waals surface area contributed by atoms with E-state index in [-0.39, 0.29) is 5.69 Å². The Morgan fingerprint density at radius 3 is 2.48 bits per heavy atom. The molecule has 0 atom stereocenters. The molecular weight excluding hydrogens is 266 g/mol. The van der Waals surface area contributed by atoms with E-state index in [0.717, 1.165) is 32.9 Å². The molecule has 2 heterocycles. The van der Waals surface area contributed by atoms with Crippen molar-refractivity contribution in [3.05, 3.63) is 54.4 Å². The van der Waals surface area contributed by atoms with Crippen LogP contribution in [0.4, 0.5) is 0 Å². The molecule has 21 heavy (non-hydrogen) atoms. The Labute approximate surface area is 119 Å². The quantitative estimate of drug-likeness (QED) is 0.525. The predicted molar refractivity (Wildman–Crippen MR) is 80.3 cm³/mol. The summed E-state index contributed by atoms with van der Waals surface area (Å²) in [6.07, 6.45) is 1.79. The first-order valence-electron chi connectivity index (χ1n) is 6.51. The normalized spacial score (nSPS) is 11.2. The van der Waals surface area contributed by atoms with Crippen molar-refractivity contribution >= 4 is 27.8 Å². The number of aromatic amines is 2. The number of aromatic carboxylic acids is 1. The van der Waals surface area contributed by atoms with Crippen molar-refractivity contribution in [1.82, 2.24) is 15.2 Å². The Kier molecular flexibility index (Phi) is 2.35. The fourth-order valence-corrected chi connectivity index (χ4v) is 2.71. The van der Waals surface area contributed by atoms with Gasteiger partial charge in [-0.05, 0) is 29.3 Å². The maximum absolute atomic E-state index is 11.1. The summed E-state index contributed by atoms with van der Waals surface area (Å²) in [7, 11) is 0. The summed E-state index contributed by atoms with van der Waals surface area (Å²) >= 11 is 0. The summed E-state index contributed by atoms with van der Waals surface area (Å²) in [4.78, 5) is 14.1. The molecule has 0 spiro atoms. The van der Waals surface area contributed by atoms with Crippen LogP contribution in [0.3, 0.4) is 0 Å². The molecule has 0 fully saturated rings. The Bertz CT molecular complexity index is 981. The van der Waals surface area contributed by atoms with Crippen molar-refractivity contribution in [2.24, 2.45) is 0 Å². The molecule has 0 unspecified atom stereocenters. The van der Waals surface area contributed by atoms with E-state index in [1.807, 2.05) is 36.4 Å². The minimum atomic E-state index is -0.960. The van der Waals surface area contributed by atoms with Gasteiger partial charge in [-0.25, -0.2) is 4.79 Å². The number of hydrogen-bond donors (Lipinski definition) is 3. The minimum Gasteiger partial charge on any atom is -0.477 e. The Hall–Kier alpha value is -3.08. The maximum Gasteiger partial charge on any atom is 0.352 e. The van der Waals surface area contributed by atoms with Crippen LogP contribution in [0, 0.1) is 0 Å². The van der Waals surface area contributed by atoms with Gasteiger partial charge in [-0.3, -0.25) is 5.10 Å². The highest BCUT2D eigenvalue weighted by Crippen LogP contribution is 2.33. The second kappa shape index (κ2) is 4.21. The molecule has 102 valence electrons. The predicted octanol–water partition coefficient (Wildman–Crippen LogP) is 3.41. The van der Waals surface area contributed by atoms with Crippen LogP contribution in [0.2, 0.25) is 0 Å². The first kappa shape index (κ1) is 11.7. The molecule has 4 aromatic rings. The number of carboxylic acid groups (broad SMARTS) is 1. The van der Waals surface area contributed by atoms with E-state index in [2.05, 4.69) is 15.2 Å². The lowest BCUT2D eigenvalue weighted by Crippen LogP contribution is -1.94. The Morgan fingerprint density at radius 1 is 1.00 bits per heavy atom. The molecular formula is C16H11N3O2. The van der Waals surface area contributed by atoms with Crippen molar-refractivity contribution in [2.75, 3.05) is 0 Å². The average molecular weight is 277 g/mol. The molecule has 0 aliphatic carbocycles. The van der Waals surface area contributed by atoms with Gasteiger partial charge in [-0.1, -0.05) is 24.3 Å². The lowest BCUT2D eigenvalue weighted by molar-refractivity contribution is 0.0691. The summed E-state index contributed by atoms with van der Waals surface area (Å²) in [5, 5.41) is 18.1.